The first kappa shape index (κ1) is 20.2. The third-order valence-corrected chi connectivity index (χ3v) is 5.32. The minimum atomic E-state index is -0.240. The van der Waals surface area contributed by atoms with Gasteiger partial charge in [-0.15, -0.1) is 0 Å². The first-order valence-electron chi connectivity index (χ1n) is 9.55. The maximum atomic E-state index is 11.3. The van der Waals surface area contributed by atoms with Crippen molar-refractivity contribution in [3.05, 3.63) is 53.3 Å². The molecule has 0 spiro atoms. The Balaban J connectivity index is 1.69. The van der Waals surface area contributed by atoms with E-state index in [0.29, 0.717) is 18.0 Å². The van der Waals surface area contributed by atoms with E-state index in [1.54, 1.807) is 13.2 Å². The van der Waals surface area contributed by atoms with E-state index in [-0.39, 0.29) is 17.9 Å². The third kappa shape index (κ3) is 5.25. The van der Waals surface area contributed by atoms with Crippen LogP contribution >= 0.6 is 11.6 Å². The summed E-state index contributed by atoms with van der Waals surface area (Å²) in [5.41, 5.74) is 6.49. The molecule has 0 radical (unpaired) electrons. The van der Waals surface area contributed by atoms with E-state index in [4.69, 9.17) is 17.3 Å². The average Bonchev–Trinajstić information content (AvgIpc) is 3.20. The van der Waals surface area contributed by atoms with E-state index in [1.807, 2.05) is 41.2 Å². The molecule has 2 unspecified atom stereocenters. The Labute approximate surface area is 170 Å². The molecule has 3 N–H and O–H groups in total. The lowest BCUT2D eigenvalue weighted by Gasteiger charge is -2.35. The molecule has 7 nitrogen and oxygen atoms in total. The largest absolute Gasteiger partial charge is 0.370 e. The first-order valence-corrected chi connectivity index (χ1v) is 9.93. The highest BCUT2D eigenvalue weighted by atomic mass is 35.5. The quantitative estimate of drug-likeness (QED) is 0.573. The fourth-order valence-electron chi connectivity index (χ4n) is 3.74. The predicted molar refractivity (Wildman–Crippen MR) is 111 cm³/mol. The van der Waals surface area contributed by atoms with Crippen LogP contribution in [0.5, 0.6) is 0 Å². The first-order chi connectivity index (χ1) is 13.6. The van der Waals surface area contributed by atoms with Gasteiger partial charge in [0.15, 0.2) is 5.96 Å². The Bertz CT molecular complexity index is 790. The summed E-state index contributed by atoms with van der Waals surface area (Å²) in [6.07, 6.45) is 6.20. The zero-order valence-corrected chi connectivity index (χ0v) is 16.8. The molecule has 1 amide bonds. The van der Waals surface area contributed by atoms with E-state index in [1.165, 1.54) is 0 Å². The second-order valence-corrected chi connectivity index (χ2v) is 7.54. The summed E-state index contributed by atoms with van der Waals surface area (Å²) in [4.78, 5) is 17.9. The van der Waals surface area contributed by atoms with Crippen LogP contribution in [0.1, 0.15) is 30.9 Å². The normalized spacial score (nSPS) is 18.7. The molecule has 8 heteroatoms. The summed E-state index contributed by atoms with van der Waals surface area (Å²) in [6, 6.07) is 9.74. The molecule has 0 bridgehead atoms. The number of carbonyl (C=O) groups excluding carboxylic acids is 1. The fraction of sp³-hybridized carbons (Fsp3) is 0.450. The number of hydrogen-bond acceptors (Lipinski definition) is 3. The molecule has 0 aliphatic carbocycles. The van der Waals surface area contributed by atoms with E-state index in [2.05, 4.69) is 20.3 Å². The van der Waals surface area contributed by atoms with Crippen molar-refractivity contribution < 1.29 is 4.79 Å². The molecule has 1 fully saturated rings. The SMILES string of the molecule is CN=C(NCC(c1ccc(Cl)cc1)n1cccn1)N1CCCC(CC(N)=O)C1. The smallest absolute Gasteiger partial charge is 0.217 e. The van der Waals surface area contributed by atoms with Crippen molar-refractivity contribution in [1.82, 2.24) is 20.0 Å². The number of rotatable bonds is 6. The summed E-state index contributed by atoms with van der Waals surface area (Å²) in [6.45, 7) is 2.34. The van der Waals surface area contributed by atoms with Crippen molar-refractivity contribution in [3.63, 3.8) is 0 Å². The van der Waals surface area contributed by atoms with E-state index < -0.39 is 0 Å². The Morgan fingerprint density at radius 1 is 1.43 bits per heavy atom. The Hall–Kier alpha value is -2.54. The van der Waals surface area contributed by atoms with Gasteiger partial charge in [-0.05, 0) is 42.5 Å². The minimum absolute atomic E-state index is 0.00947. The number of primary amides is 1. The predicted octanol–water partition coefficient (Wildman–Crippen LogP) is 2.29. The second kappa shape index (κ2) is 9.59. The summed E-state index contributed by atoms with van der Waals surface area (Å²) in [7, 11) is 1.78. The highest BCUT2D eigenvalue weighted by Gasteiger charge is 2.24. The van der Waals surface area contributed by atoms with Gasteiger partial charge < -0.3 is 16.0 Å². The number of hydrogen-bond donors (Lipinski definition) is 2. The number of aromatic nitrogens is 2. The zero-order chi connectivity index (χ0) is 19.9. The van der Waals surface area contributed by atoms with Crippen LogP contribution in [0.2, 0.25) is 5.02 Å². The molecule has 3 rings (SSSR count). The molecule has 0 saturated carbocycles. The fourth-order valence-corrected chi connectivity index (χ4v) is 3.87. The lowest BCUT2D eigenvalue weighted by atomic mass is 9.95. The molecule has 2 atom stereocenters. The van der Waals surface area contributed by atoms with Crippen molar-refractivity contribution >= 4 is 23.5 Å². The highest BCUT2D eigenvalue weighted by Crippen LogP contribution is 2.21. The molecule has 28 heavy (non-hydrogen) atoms. The van der Waals surface area contributed by atoms with Gasteiger partial charge in [-0.3, -0.25) is 14.5 Å². The molecule has 1 aliphatic heterocycles. The van der Waals surface area contributed by atoms with Crippen molar-refractivity contribution in [3.8, 4) is 0 Å². The molecule has 2 aromatic rings. The van der Waals surface area contributed by atoms with Crippen molar-refractivity contribution in [2.45, 2.75) is 25.3 Å². The summed E-state index contributed by atoms with van der Waals surface area (Å²) in [5.74, 6) is 0.875. The second-order valence-electron chi connectivity index (χ2n) is 7.11. The lowest BCUT2D eigenvalue weighted by Crippen LogP contribution is -2.48. The topological polar surface area (TPSA) is 88.5 Å². The van der Waals surface area contributed by atoms with Crippen LogP contribution in [0.25, 0.3) is 0 Å². The van der Waals surface area contributed by atoms with Gasteiger partial charge in [0.1, 0.15) is 0 Å². The third-order valence-electron chi connectivity index (χ3n) is 5.07. The molecule has 1 aromatic heterocycles. The Morgan fingerprint density at radius 2 is 2.21 bits per heavy atom. The molecular formula is C20H27ClN6O. The van der Waals surface area contributed by atoms with Gasteiger partial charge in [0, 0.05) is 50.5 Å². The number of aliphatic imine (C=N–C) groups is 1. The number of halogens is 1. The number of guanidine groups is 1. The van der Waals surface area contributed by atoms with Crippen LogP contribution in [0.15, 0.2) is 47.7 Å². The van der Waals surface area contributed by atoms with Gasteiger partial charge in [-0.1, -0.05) is 23.7 Å². The van der Waals surface area contributed by atoms with Gasteiger partial charge in [0.05, 0.1) is 6.04 Å². The van der Waals surface area contributed by atoms with Gasteiger partial charge in [-0.2, -0.15) is 5.10 Å². The number of piperidine rings is 1. The summed E-state index contributed by atoms with van der Waals surface area (Å²) in [5, 5.41) is 8.60. The van der Waals surface area contributed by atoms with Gasteiger partial charge >= 0.3 is 0 Å². The van der Waals surface area contributed by atoms with Crippen LogP contribution in [0, 0.1) is 5.92 Å². The van der Waals surface area contributed by atoms with Crippen molar-refractivity contribution in [2.75, 3.05) is 26.7 Å². The highest BCUT2D eigenvalue weighted by molar-refractivity contribution is 6.30. The number of likely N-dealkylation sites (tertiary alicyclic amines) is 1. The van der Waals surface area contributed by atoms with Gasteiger partial charge in [0.25, 0.3) is 0 Å². The Kier molecular flexibility index (Phi) is 6.92. The zero-order valence-electron chi connectivity index (χ0n) is 16.1. The Morgan fingerprint density at radius 3 is 2.86 bits per heavy atom. The average molecular weight is 403 g/mol. The van der Waals surface area contributed by atoms with Crippen LogP contribution in [0.4, 0.5) is 0 Å². The summed E-state index contributed by atoms with van der Waals surface area (Å²) >= 11 is 6.05. The number of nitrogens with zero attached hydrogens (tertiary/aromatic N) is 4. The summed E-state index contributed by atoms with van der Waals surface area (Å²) < 4.78 is 1.93. The van der Waals surface area contributed by atoms with Crippen molar-refractivity contribution in [1.29, 1.82) is 0 Å². The van der Waals surface area contributed by atoms with E-state index in [9.17, 15) is 4.79 Å². The molecule has 1 aliphatic rings. The van der Waals surface area contributed by atoms with Crippen LogP contribution in [0.3, 0.4) is 0 Å². The van der Waals surface area contributed by atoms with Crippen LogP contribution in [-0.2, 0) is 4.79 Å². The standard InChI is InChI=1S/C20H27ClN6O/c1-23-20(26-10-2-4-15(14-26)12-19(22)28)24-13-18(27-11-3-9-25-27)16-5-7-17(21)8-6-16/h3,5-9,11,15,18H,2,4,10,12-14H2,1H3,(H2,22,28)(H,23,24). The molecule has 1 saturated heterocycles. The molecule has 1 aromatic carbocycles. The minimum Gasteiger partial charge on any atom is -0.370 e. The van der Waals surface area contributed by atoms with Gasteiger partial charge in [-0.25, -0.2) is 0 Å². The number of nitrogens with two attached hydrogens (primary N) is 1. The van der Waals surface area contributed by atoms with Gasteiger partial charge in [0.2, 0.25) is 5.91 Å². The van der Waals surface area contributed by atoms with E-state index >= 15 is 0 Å². The van der Waals surface area contributed by atoms with E-state index in [0.717, 1.165) is 37.5 Å². The number of carbonyl (C=O) groups is 1. The number of benzene rings is 1. The number of amides is 1. The maximum absolute atomic E-state index is 11.3. The van der Waals surface area contributed by atoms with Crippen LogP contribution in [-0.4, -0.2) is 53.2 Å². The number of nitrogens with one attached hydrogen (secondary N) is 1. The van der Waals surface area contributed by atoms with Crippen LogP contribution < -0.4 is 11.1 Å². The molecule has 150 valence electrons. The molecule has 2 heterocycles. The monoisotopic (exact) mass is 402 g/mol. The lowest BCUT2D eigenvalue weighted by molar-refractivity contribution is -0.119. The van der Waals surface area contributed by atoms with Crippen molar-refractivity contribution in [2.24, 2.45) is 16.6 Å². The molecular weight excluding hydrogens is 376 g/mol. The maximum Gasteiger partial charge on any atom is 0.217 e.